The minimum absolute atomic E-state index is 0.132. The molecule has 2 aromatic carbocycles. The van der Waals surface area contributed by atoms with Gasteiger partial charge in [0.15, 0.2) is 0 Å². The van der Waals surface area contributed by atoms with Gasteiger partial charge in [-0.3, -0.25) is 4.99 Å². The molecule has 3 aromatic rings. The minimum Gasteiger partial charge on any atom is -0.506 e. The summed E-state index contributed by atoms with van der Waals surface area (Å²) in [5.41, 5.74) is 6.84. The number of aliphatic hydroxyl groups is 2. The summed E-state index contributed by atoms with van der Waals surface area (Å²) in [5.74, 6) is 1.17. The highest BCUT2D eigenvalue weighted by Gasteiger charge is 2.12. The average Bonchev–Trinajstić information content (AvgIpc) is 3.07. The molecule has 36 heavy (non-hydrogen) atoms. The molecule has 2 heterocycles. The maximum absolute atomic E-state index is 9.46. The lowest BCUT2D eigenvalue weighted by molar-refractivity contribution is 0.301. The van der Waals surface area contributed by atoms with E-state index in [1.54, 1.807) is 6.08 Å². The number of anilines is 2. The number of aliphatic hydroxyl groups excluding tert-OH is 2. The zero-order valence-electron chi connectivity index (χ0n) is 22.7. The summed E-state index contributed by atoms with van der Waals surface area (Å²) in [4.78, 5) is 12.8. The van der Waals surface area contributed by atoms with Gasteiger partial charge >= 0.3 is 0 Å². The van der Waals surface area contributed by atoms with Gasteiger partial charge in [-0.15, -0.1) is 0 Å². The number of nitrogens with zero attached hydrogens (tertiary/aromatic N) is 5. The second-order valence-electron chi connectivity index (χ2n) is 8.75. The molecule has 1 aliphatic rings. The van der Waals surface area contributed by atoms with Crippen molar-refractivity contribution >= 4 is 28.9 Å². The van der Waals surface area contributed by atoms with Gasteiger partial charge in [0.2, 0.25) is 5.95 Å². The smallest absolute Gasteiger partial charge is 0.205 e. The molecule has 0 radical (unpaired) electrons. The molecule has 0 saturated heterocycles. The number of aromatic nitrogens is 2. The highest BCUT2D eigenvalue weighted by Crippen LogP contribution is 2.24. The van der Waals surface area contributed by atoms with Gasteiger partial charge in [0.25, 0.3) is 0 Å². The number of rotatable bonds is 6. The van der Waals surface area contributed by atoms with Crippen molar-refractivity contribution in [1.82, 2.24) is 9.55 Å². The Bertz CT molecular complexity index is 1210. The summed E-state index contributed by atoms with van der Waals surface area (Å²) in [7, 11) is 6.05. The van der Waals surface area contributed by atoms with Crippen molar-refractivity contribution in [3.05, 3.63) is 77.1 Å². The molecular weight excluding hydrogens is 450 g/mol. The first-order chi connectivity index (χ1) is 17.3. The summed E-state index contributed by atoms with van der Waals surface area (Å²) in [5, 5.41) is 18.3. The van der Waals surface area contributed by atoms with Crippen molar-refractivity contribution in [2.24, 2.45) is 12.0 Å². The summed E-state index contributed by atoms with van der Waals surface area (Å²) in [6, 6.07) is 14.8. The van der Waals surface area contributed by atoms with Crippen molar-refractivity contribution in [2.45, 2.75) is 34.2 Å². The molecule has 1 aliphatic heterocycles. The normalized spacial score (nSPS) is 12.4. The molecule has 0 spiro atoms. The highest BCUT2D eigenvalue weighted by molar-refractivity contribution is 5.79. The van der Waals surface area contributed by atoms with Gasteiger partial charge in [0, 0.05) is 39.9 Å². The van der Waals surface area contributed by atoms with E-state index in [1.807, 2.05) is 52.9 Å². The number of benzene rings is 2. The third-order valence-electron chi connectivity index (χ3n) is 5.53. The number of imidazole rings is 1. The van der Waals surface area contributed by atoms with Crippen molar-refractivity contribution in [3.63, 3.8) is 0 Å². The molecule has 2 N–H and O–H groups in total. The Balaban J connectivity index is 0.000000347. The van der Waals surface area contributed by atoms with Crippen LogP contribution in [0.3, 0.4) is 0 Å². The van der Waals surface area contributed by atoms with Crippen molar-refractivity contribution in [3.8, 4) is 0 Å². The Hall–Kier alpha value is -3.58. The lowest BCUT2D eigenvalue weighted by Crippen LogP contribution is -2.26. The summed E-state index contributed by atoms with van der Waals surface area (Å²) in [6.45, 7) is 10.3. The lowest BCUT2D eigenvalue weighted by atomic mass is 10.1. The SMILES string of the molecule is CC.CC1=CC=C(O)C=NC1.Cc1cccc(N(CCO)Cc2ccc3nc(N(C)C)n(C)c3c2)c1. The van der Waals surface area contributed by atoms with Crippen molar-refractivity contribution in [1.29, 1.82) is 0 Å². The number of aliphatic imine (C=N–C) groups is 1. The number of fused-ring (bicyclic) bond motifs is 1. The molecule has 0 bridgehead atoms. The van der Waals surface area contributed by atoms with Crippen LogP contribution in [0, 0.1) is 6.92 Å². The Labute approximate surface area is 215 Å². The van der Waals surface area contributed by atoms with E-state index in [-0.39, 0.29) is 12.4 Å². The van der Waals surface area contributed by atoms with Crippen LogP contribution in [-0.4, -0.2) is 59.8 Å². The van der Waals surface area contributed by atoms with E-state index in [1.165, 1.54) is 17.3 Å². The molecule has 7 nitrogen and oxygen atoms in total. The van der Waals surface area contributed by atoms with Gasteiger partial charge < -0.3 is 24.6 Å². The topological polar surface area (TPSA) is 77.1 Å². The van der Waals surface area contributed by atoms with Gasteiger partial charge in [-0.25, -0.2) is 4.98 Å². The first kappa shape index (κ1) is 28.7. The molecule has 0 aliphatic carbocycles. The quantitative estimate of drug-likeness (QED) is 0.481. The predicted molar refractivity (Wildman–Crippen MR) is 154 cm³/mol. The monoisotopic (exact) mass is 491 g/mol. The summed E-state index contributed by atoms with van der Waals surface area (Å²) < 4.78 is 2.11. The number of allylic oxidation sites excluding steroid dienone is 3. The average molecular weight is 492 g/mol. The standard InChI is InChI=1S/C20H26N4O.C7H9NO.C2H6/c1-15-6-5-7-17(12-15)24(10-11-25)14-16-8-9-18-19(13-16)23(4)20(21-18)22(2)3;1-6-2-3-7(9)5-8-4-6;1-2/h5-9,12-13,25H,10-11,14H2,1-4H3;2-3,5,9H,4H2,1H3;1-2H3. The predicted octanol–water partition coefficient (Wildman–Crippen LogP) is 5.43. The Morgan fingerprint density at radius 3 is 2.44 bits per heavy atom. The molecule has 0 atom stereocenters. The van der Waals surface area contributed by atoms with Gasteiger partial charge in [0.05, 0.1) is 30.4 Å². The third kappa shape index (κ3) is 7.99. The second kappa shape index (κ2) is 14.1. The van der Waals surface area contributed by atoms with Crippen LogP contribution < -0.4 is 9.80 Å². The van der Waals surface area contributed by atoms with Gasteiger partial charge in [0.1, 0.15) is 5.76 Å². The van der Waals surface area contributed by atoms with Crippen LogP contribution in [0.5, 0.6) is 0 Å². The van der Waals surface area contributed by atoms with Crippen LogP contribution in [0.15, 0.2) is 70.9 Å². The van der Waals surface area contributed by atoms with Gasteiger partial charge in [-0.2, -0.15) is 0 Å². The largest absolute Gasteiger partial charge is 0.506 e. The van der Waals surface area contributed by atoms with Crippen LogP contribution in [0.25, 0.3) is 11.0 Å². The van der Waals surface area contributed by atoms with E-state index in [9.17, 15) is 5.11 Å². The van der Waals surface area contributed by atoms with Crippen molar-refractivity contribution < 1.29 is 10.2 Å². The van der Waals surface area contributed by atoms with E-state index in [4.69, 9.17) is 5.11 Å². The van der Waals surface area contributed by atoms with E-state index in [2.05, 4.69) is 68.8 Å². The van der Waals surface area contributed by atoms with E-state index < -0.39 is 0 Å². The van der Waals surface area contributed by atoms with Crippen molar-refractivity contribution in [2.75, 3.05) is 43.6 Å². The Morgan fingerprint density at radius 2 is 1.78 bits per heavy atom. The molecule has 0 amide bonds. The fourth-order valence-corrected chi connectivity index (χ4v) is 3.79. The number of aryl methyl sites for hydroxylation is 2. The molecule has 4 rings (SSSR count). The Morgan fingerprint density at radius 1 is 1.03 bits per heavy atom. The number of hydrogen-bond donors (Lipinski definition) is 2. The second-order valence-corrected chi connectivity index (χ2v) is 8.75. The van der Waals surface area contributed by atoms with Gasteiger partial charge in [-0.1, -0.05) is 43.7 Å². The van der Waals surface area contributed by atoms with Crippen LogP contribution in [0.2, 0.25) is 0 Å². The maximum atomic E-state index is 9.46. The third-order valence-corrected chi connectivity index (χ3v) is 5.53. The zero-order valence-corrected chi connectivity index (χ0v) is 22.7. The molecule has 0 saturated carbocycles. The summed E-state index contributed by atoms with van der Waals surface area (Å²) >= 11 is 0. The minimum atomic E-state index is 0.132. The van der Waals surface area contributed by atoms with Crippen LogP contribution in [0.1, 0.15) is 31.9 Å². The van der Waals surface area contributed by atoms with Crippen LogP contribution in [-0.2, 0) is 13.6 Å². The Kier molecular flexibility index (Phi) is 11.2. The molecule has 0 unspecified atom stereocenters. The van der Waals surface area contributed by atoms with Gasteiger partial charge in [-0.05, 0) is 55.3 Å². The van der Waals surface area contributed by atoms with E-state index in [0.717, 1.165) is 34.8 Å². The molecule has 7 heteroatoms. The van der Waals surface area contributed by atoms with Crippen LogP contribution >= 0.6 is 0 Å². The molecule has 1 aromatic heterocycles. The molecule has 194 valence electrons. The molecule has 0 fully saturated rings. The molecular formula is C29H41N5O2. The zero-order chi connectivity index (χ0) is 26.7. The van der Waals surface area contributed by atoms with E-state index >= 15 is 0 Å². The first-order valence-electron chi connectivity index (χ1n) is 12.4. The first-order valence-corrected chi connectivity index (χ1v) is 12.4. The van der Waals surface area contributed by atoms with E-state index in [0.29, 0.717) is 13.1 Å². The van der Waals surface area contributed by atoms with Crippen LogP contribution in [0.4, 0.5) is 11.6 Å². The highest BCUT2D eigenvalue weighted by atomic mass is 16.3. The fraction of sp³-hybridized carbons (Fsp3) is 0.379. The fourth-order valence-electron chi connectivity index (χ4n) is 3.79. The lowest BCUT2D eigenvalue weighted by Gasteiger charge is -2.24. The summed E-state index contributed by atoms with van der Waals surface area (Å²) in [6.07, 6.45) is 4.97. The number of hydrogen-bond acceptors (Lipinski definition) is 6. The maximum Gasteiger partial charge on any atom is 0.205 e.